The molecule has 1 rings (SSSR count). The third-order valence-corrected chi connectivity index (χ3v) is 6.44. The van der Waals surface area contributed by atoms with Gasteiger partial charge in [-0.1, -0.05) is 13.8 Å². The molecule has 0 bridgehead atoms. The van der Waals surface area contributed by atoms with Crippen LogP contribution in [0.4, 0.5) is 0 Å². The molecule has 2 atom stereocenters. The fourth-order valence-corrected chi connectivity index (χ4v) is 5.38. The summed E-state index contributed by atoms with van der Waals surface area (Å²) in [7, 11) is -2.97. The minimum atomic E-state index is -2.97. The lowest BCUT2D eigenvalue weighted by molar-refractivity contribution is 0.264. The van der Waals surface area contributed by atoms with Gasteiger partial charge in [-0.25, -0.2) is 8.42 Å². The minimum absolute atomic E-state index is 0.297. The van der Waals surface area contributed by atoms with E-state index in [9.17, 15) is 8.42 Å². The second-order valence-corrected chi connectivity index (χ2v) is 9.57. The standard InChI is InChI=1S/C14H30N2O2S2/c1-12(2)5-6-13(3)15-7-8-16-9-10-19-11-14(16)20(4,17)18/h12-15H,5-11H2,1-4H3. The molecule has 0 amide bonds. The number of nitrogens with one attached hydrogen (secondary N) is 1. The first-order chi connectivity index (χ1) is 9.30. The summed E-state index contributed by atoms with van der Waals surface area (Å²) >= 11 is 1.74. The van der Waals surface area contributed by atoms with E-state index in [1.165, 1.54) is 19.1 Å². The van der Waals surface area contributed by atoms with Gasteiger partial charge in [0, 0.05) is 43.4 Å². The molecule has 1 fully saturated rings. The molecule has 0 spiro atoms. The van der Waals surface area contributed by atoms with Crippen molar-refractivity contribution in [1.82, 2.24) is 10.2 Å². The van der Waals surface area contributed by atoms with E-state index in [0.29, 0.717) is 11.8 Å². The van der Waals surface area contributed by atoms with E-state index in [1.807, 2.05) is 0 Å². The summed E-state index contributed by atoms with van der Waals surface area (Å²) in [6, 6.07) is 0.508. The van der Waals surface area contributed by atoms with Crippen LogP contribution in [0.1, 0.15) is 33.6 Å². The first-order valence-electron chi connectivity index (χ1n) is 7.54. The highest BCUT2D eigenvalue weighted by Crippen LogP contribution is 2.19. The largest absolute Gasteiger partial charge is 0.313 e. The van der Waals surface area contributed by atoms with E-state index in [0.717, 1.165) is 31.3 Å². The van der Waals surface area contributed by atoms with E-state index >= 15 is 0 Å². The SMILES string of the molecule is CC(C)CCC(C)NCCN1CCSCC1S(C)(=O)=O. The van der Waals surface area contributed by atoms with E-state index < -0.39 is 9.84 Å². The lowest BCUT2D eigenvalue weighted by atomic mass is 10.0. The number of sulfone groups is 1. The molecule has 0 aliphatic carbocycles. The molecule has 0 aromatic carbocycles. The maximum absolute atomic E-state index is 11.8. The molecule has 1 aliphatic rings. The van der Waals surface area contributed by atoms with Crippen LogP contribution < -0.4 is 5.32 Å². The Balaban J connectivity index is 2.32. The van der Waals surface area contributed by atoms with Crippen LogP contribution in [0.2, 0.25) is 0 Å². The van der Waals surface area contributed by atoms with Gasteiger partial charge in [0.1, 0.15) is 5.37 Å². The third-order valence-electron chi connectivity index (χ3n) is 3.75. The van der Waals surface area contributed by atoms with Gasteiger partial charge in [-0.05, 0) is 25.7 Å². The molecule has 1 saturated heterocycles. The van der Waals surface area contributed by atoms with Crippen molar-refractivity contribution in [2.45, 2.75) is 45.0 Å². The van der Waals surface area contributed by atoms with Crippen molar-refractivity contribution < 1.29 is 8.42 Å². The molecule has 6 heteroatoms. The Morgan fingerprint density at radius 2 is 2.00 bits per heavy atom. The summed E-state index contributed by atoms with van der Waals surface area (Å²) in [5.41, 5.74) is 0. The van der Waals surface area contributed by atoms with Crippen LogP contribution in [-0.4, -0.2) is 62.1 Å². The van der Waals surface area contributed by atoms with Crippen molar-refractivity contribution in [3.05, 3.63) is 0 Å². The summed E-state index contributed by atoms with van der Waals surface area (Å²) in [4.78, 5) is 2.12. The van der Waals surface area contributed by atoms with Crippen LogP contribution in [0.5, 0.6) is 0 Å². The monoisotopic (exact) mass is 322 g/mol. The predicted octanol–water partition coefficient (Wildman–Crippen LogP) is 1.82. The molecule has 20 heavy (non-hydrogen) atoms. The van der Waals surface area contributed by atoms with Crippen LogP contribution in [0.25, 0.3) is 0 Å². The van der Waals surface area contributed by atoms with Crippen LogP contribution in [0, 0.1) is 5.92 Å². The second-order valence-electron chi connectivity index (χ2n) is 6.22. The lowest BCUT2D eigenvalue weighted by Gasteiger charge is -2.34. The van der Waals surface area contributed by atoms with Gasteiger partial charge in [0.05, 0.1) is 0 Å². The average Bonchev–Trinajstić information content (AvgIpc) is 2.36. The molecule has 1 N–H and O–H groups in total. The molecule has 120 valence electrons. The quantitative estimate of drug-likeness (QED) is 0.739. The summed E-state index contributed by atoms with van der Waals surface area (Å²) < 4.78 is 23.6. The fourth-order valence-electron chi connectivity index (χ4n) is 2.41. The number of hydrogen-bond acceptors (Lipinski definition) is 5. The van der Waals surface area contributed by atoms with Gasteiger partial charge in [0.25, 0.3) is 0 Å². The summed E-state index contributed by atoms with van der Waals surface area (Å²) in [6.45, 7) is 9.27. The van der Waals surface area contributed by atoms with Gasteiger partial charge in [0.15, 0.2) is 9.84 Å². The number of rotatable bonds is 8. The number of hydrogen-bond donors (Lipinski definition) is 1. The number of thioether (sulfide) groups is 1. The van der Waals surface area contributed by atoms with Crippen molar-refractivity contribution in [3.63, 3.8) is 0 Å². The van der Waals surface area contributed by atoms with Gasteiger partial charge in [0.2, 0.25) is 0 Å². The van der Waals surface area contributed by atoms with Crippen LogP contribution in [-0.2, 0) is 9.84 Å². The van der Waals surface area contributed by atoms with Crippen LogP contribution in [0.3, 0.4) is 0 Å². The van der Waals surface area contributed by atoms with Crippen molar-refractivity contribution >= 4 is 21.6 Å². The van der Waals surface area contributed by atoms with Gasteiger partial charge in [-0.3, -0.25) is 4.90 Å². The van der Waals surface area contributed by atoms with Crippen LogP contribution >= 0.6 is 11.8 Å². The zero-order valence-corrected chi connectivity index (χ0v) is 14.9. The zero-order valence-electron chi connectivity index (χ0n) is 13.3. The van der Waals surface area contributed by atoms with E-state index in [-0.39, 0.29) is 5.37 Å². The second kappa shape index (κ2) is 8.61. The van der Waals surface area contributed by atoms with Gasteiger partial charge in [-0.2, -0.15) is 11.8 Å². The van der Waals surface area contributed by atoms with E-state index in [1.54, 1.807) is 11.8 Å². The minimum Gasteiger partial charge on any atom is -0.313 e. The van der Waals surface area contributed by atoms with Crippen molar-refractivity contribution in [3.8, 4) is 0 Å². The van der Waals surface area contributed by atoms with Gasteiger partial charge >= 0.3 is 0 Å². The van der Waals surface area contributed by atoms with E-state index in [2.05, 4.69) is 31.0 Å². The Hall–Kier alpha value is 0.220. The molecule has 2 unspecified atom stereocenters. The van der Waals surface area contributed by atoms with Crippen molar-refractivity contribution in [2.24, 2.45) is 5.92 Å². The average molecular weight is 323 g/mol. The summed E-state index contributed by atoms with van der Waals surface area (Å²) in [5, 5.41) is 3.22. The highest BCUT2D eigenvalue weighted by Gasteiger charge is 2.30. The topological polar surface area (TPSA) is 49.4 Å². The molecule has 0 aromatic rings. The Morgan fingerprint density at radius 3 is 2.60 bits per heavy atom. The molecule has 1 aliphatic heterocycles. The fraction of sp³-hybridized carbons (Fsp3) is 1.00. The van der Waals surface area contributed by atoms with Crippen molar-refractivity contribution in [2.75, 3.05) is 37.4 Å². The molecule has 4 nitrogen and oxygen atoms in total. The number of nitrogens with zero attached hydrogens (tertiary/aromatic N) is 1. The Bertz CT molecular complexity index is 371. The predicted molar refractivity (Wildman–Crippen MR) is 89.1 cm³/mol. The maximum atomic E-state index is 11.8. The van der Waals surface area contributed by atoms with Gasteiger partial charge in [-0.15, -0.1) is 0 Å². The lowest BCUT2D eigenvalue weighted by Crippen LogP contribution is -2.49. The smallest absolute Gasteiger partial charge is 0.164 e. The zero-order chi connectivity index (χ0) is 15.2. The first-order valence-corrected chi connectivity index (χ1v) is 10.7. The summed E-state index contributed by atoms with van der Waals surface area (Å²) in [6.07, 6.45) is 3.78. The molecular formula is C14H30N2O2S2. The molecule has 0 saturated carbocycles. The Labute approximate surface area is 129 Å². The summed E-state index contributed by atoms with van der Waals surface area (Å²) in [5.74, 6) is 2.49. The highest BCUT2D eigenvalue weighted by atomic mass is 32.2. The Kier molecular flexibility index (Phi) is 7.87. The highest BCUT2D eigenvalue weighted by molar-refractivity contribution is 8.00. The third kappa shape index (κ3) is 6.78. The molecular weight excluding hydrogens is 292 g/mol. The normalized spacial score (nSPS) is 23.1. The molecule has 0 aromatic heterocycles. The van der Waals surface area contributed by atoms with Gasteiger partial charge < -0.3 is 5.32 Å². The van der Waals surface area contributed by atoms with Crippen LogP contribution in [0.15, 0.2) is 0 Å². The molecule has 1 heterocycles. The Morgan fingerprint density at radius 1 is 1.30 bits per heavy atom. The maximum Gasteiger partial charge on any atom is 0.164 e. The first kappa shape index (κ1) is 18.3. The van der Waals surface area contributed by atoms with Crippen molar-refractivity contribution in [1.29, 1.82) is 0 Å². The molecule has 0 radical (unpaired) electrons. The van der Waals surface area contributed by atoms with E-state index in [4.69, 9.17) is 0 Å².